The first-order valence-electron chi connectivity index (χ1n) is 12.3. The number of rotatable bonds is 7. The predicted octanol–water partition coefficient (Wildman–Crippen LogP) is 3.86. The van der Waals surface area contributed by atoms with Crippen molar-refractivity contribution in [3.8, 4) is 0 Å². The molecule has 3 N–H and O–H groups in total. The minimum Gasteiger partial charge on any atom is -0.444 e. The Kier molecular flexibility index (Phi) is 8.24. The van der Waals surface area contributed by atoms with Gasteiger partial charge >= 0.3 is 6.09 Å². The van der Waals surface area contributed by atoms with Crippen LogP contribution in [-0.2, 0) is 16.1 Å². The first-order valence-corrected chi connectivity index (χ1v) is 12.3. The van der Waals surface area contributed by atoms with E-state index in [2.05, 4.69) is 16.0 Å². The summed E-state index contributed by atoms with van der Waals surface area (Å²) in [6.45, 7) is 11.0. The summed E-state index contributed by atoms with van der Waals surface area (Å²) in [6, 6.07) is 11.4. The lowest BCUT2D eigenvalue weighted by Gasteiger charge is -2.29. The van der Waals surface area contributed by atoms with Gasteiger partial charge in [0.05, 0.1) is 11.1 Å². The number of hydrogen-bond donors (Lipinski definition) is 3. The third kappa shape index (κ3) is 7.18. The molecule has 1 aliphatic heterocycles. The molecule has 0 atom stereocenters. The van der Waals surface area contributed by atoms with E-state index in [0.29, 0.717) is 5.69 Å². The van der Waals surface area contributed by atoms with Crippen LogP contribution >= 0.6 is 0 Å². The van der Waals surface area contributed by atoms with Crippen LogP contribution < -0.4 is 16.0 Å². The van der Waals surface area contributed by atoms with Crippen LogP contribution in [0.2, 0.25) is 0 Å². The molecule has 0 aromatic heterocycles. The second kappa shape index (κ2) is 11.0. The third-order valence-corrected chi connectivity index (χ3v) is 5.51. The van der Waals surface area contributed by atoms with Crippen molar-refractivity contribution < 1.29 is 28.7 Å². The Balaban J connectivity index is 1.55. The molecule has 202 valence electrons. The standard InChI is InChI=1S/C28H34N4O6/c1-27(2,3)32-24(35)20-11-10-18(15-21(20)25(32)36)23(34)31-19-9-7-8-17(14-19)16-30-22(33)12-13-29-26(37)38-28(4,5)6/h7-11,14-15H,12-13,16H2,1-6H3,(H,29,37)(H,30,33)(H,31,34). The fourth-order valence-electron chi connectivity index (χ4n) is 3.83. The number of amides is 5. The first-order chi connectivity index (χ1) is 17.7. The Morgan fingerprint density at radius 2 is 1.55 bits per heavy atom. The first kappa shape index (κ1) is 28.4. The van der Waals surface area contributed by atoms with Gasteiger partial charge in [-0.15, -0.1) is 0 Å². The average molecular weight is 523 g/mol. The van der Waals surface area contributed by atoms with Gasteiger partial charge in [0.2, 0.25) is 5.91 Å². The zero-order chi connectivity index (χ0) is 28.3. The number of ether oxygens (including phenoxy) is 1. The number of fused-ring (bicyclic) bond motifs is 1. The van der Waals surface area contributed by atoms with Gasteiger partial charge in [0.25, 0.3) is 17.7 Å². The van der Waals surface area contributed by atoms with Crippen molar-refractivity contribution in [2.45, 2.75) is 65.6 Å². The van der Waals surface area contributed by atoms with Crippen LogP contribution in [-0.4, -0.2) is 52.3 Å². The number of carbonyl (C=O) groups is 5. The fourth-order valence-corrected chi connectivity index (χ4v) is 3.83. The number of nitrogens with zero attached hydrogens (tertiary/aromatic N) is 1. The van der Waals surface area contributed by atoms with Crippen LogP contribution in [0, 0.1) is 0 Å². The summed E-state index contributed by atoms with van der Waals surface area (Å²) in [5.74, 6) is -1.49. The number of carbonyl (C=O) groups excluding carboxylic acids is 5. The number of imide groups is 1. The third-order valence-electron chi connectivity index (χ3n) is 5.51. The molecule has 1 heterocycles. The summed E-state index contributed by atoms with van der Waals surface area (Å²) in [6.07, 6.45) is -0.499. The lowest BCUT2D eigenvalue weighted by Crippen LogP contribution is -2.45. The maximum Gasteiger partial charge on any atom is 0.407 e. The highest BCUT2D eigenvalue weighted by Gasteiger charge is 2.42. The van der Waals surface area contributed by atoms with Gasteiger partial charge in [-0.05, 0) is 77.4 Å². The van der Waals surface area contributed by atoms with Gasteiger partial charge in [0, 0.05) is 36.3 Å². The normalized spacial score (nSPS) is 13.2. The van der Waals surface area contributed by atoms with E-state index in [-0.39, 0.29) is 48.0 Å². The highest BCUT2D eigenvalue weighted by Crippen LogP contribution is 2.30. The van der Waals surface area contributed by atoms with E-state index < -0.39 is 29.0 Å². The summed E-state index contributed by atoms with van der Waals surface area (Å²) in [5, 5.41) is 8.09. The highest BCUT2D eigenvalue weighted by molar-refractivity contribution is 6.22. The van der Waals surface area contributed by atoms with Crippen molar-refractivity contribution in [3.63, 3.8) is 0 Å². The van der Waals surface area contributed by atoms with Crippen molar-refractivity contribution in [3.05, 3.63) is 64.7 Å². The molecule has 0 unspecified atom stereocenters. The molecule has 0 saturated heterocycles. The highest BCUT2D eigenvalue weighted by atomic mass is 16.6. The zero-order valence-corrected chi connectivity index (χ0v) is 22.6. The molecular formula is C28H34N4O6. The summed E-state index contributed by atoms with van der Waals surface area (Å²) in [5.41, 5.74) is 0.698. The molecule has 10 heteroatoms. The summed E-state index contributed by atoms with van der Waals surface area (Å²) >= 11 is 0. The van der Waals surface area contributed by atoms with E-state index in [1.807, 2.05) is 0 Å². The number of benzene rings is 2. The van der Waals surface area contributed by atoms with E-state index in [1.165, 1.54) is 23.1 Å². The van der Waals surface area contributed by atoms with Crippen LogP contribution in [0.25, 0.3) is 0 Å². The second-order valence-electron chi connectivity index (χ2n) is 11.0. The van der Waals surface area contributed by atoms with Crippen LogP contribution in [0.4, 0.5) is 10.5 Å². The van der Waals surface area contributed by atoms with E-state index in [9.17, 15) is 24.0 Å². The van der Waals surface area contributed by atoms with Crippen LogP contribution in [0.1, 0.15) is 84.6 Å². The largest absolute Gasteiger partial charge is 0.444 e. The molecule has 0 bridgehead atoms. The zero-order valence-electron chi connectivity index (χ0n) is 22.6. The van der Waals surface area contributed by atoms with Gasteiger partial charge in [-0.25, -0.2) is 4.79 Å². The second-order valence-corrected chi connectivity index (χ2v) is 11.0. The van der Waals surface area contributed by atoms with Gasteiger partial charge in [-0.2, -0.15) is 0 Å². The summed E-state index contributed by atoms with van der Waals surface area (Å²) < 4.78 is 5.13. The van der Waals surface area contributed by atoms with Crippen LogP contribution in [0.3, 0.4) is 0 Å². The predicted molar refractivity (Wildman–Crippen MR) is 142 cm³/mol. The molecule has 0 fully saturated rings. The lowest BCUT2D eigenvalue weighted by molar-refractivity contribution is -0.121. The Morgan fingerprint density at radius 1 is 0.868 bits per heavy atom. The number of nitrogens with one attached hydrogen (secondary N) is 3. The molecule has 38 heavy (non-hydrogen) atoms. The maximum absolute atomic E-state index is 12.9. The average Bonchev–Trinajstić information content (AvgIpc) is 3.06. The fraction of sp³-hybridized carbons (Fsp3) is 0.393. The van der Waals surface area contributed by atoms with Crippen LogP contribution in [0.5, 0.6) is 0 Å². The molecule has 2 aromatic carbocycles. The van der Waals surface area contributed by atoms with Crippen molar-refractivity contribution in [1.82, 2.24) is 15.5 Å². The quantitative estimate of drug-likeness (QED) is 0.473. The van der Waals surface area contributed by atoms with Gasteiger partial charge in [-0.1, -0.05) is 12.1 Å². The van der Waals surface area contributed by atoms with E-state index in [0.717, 1.165) is 5.56 Å². The van der Waals surface area contributed by atoms with Crippen molar-refractivity contribution in [2.24, 2.45) is 0 Å². The van der Waals surface area contributed by atoms with E-state index in [4.69, 9.17) is 4.74 Å². The minimum atomic E-state index is -0.680. The van der Waals surface area contributed by atoms with Crippen molar-refractivity contribution in [2.75, 3.05) is 11.9 Å². The molecule has 0 saturated carbocycles. The molecule has 0 spiro atoms. The Hall–Kier alpha value is -4.21. The van der Waals surface area contributed by atoms with E-state index in [1.54, 1.807) is 65.8 Å². The topological polar surface area (TPSA) is 134 Å². The SMILES string of the molecule is CC(C)(C)OC(=O)NCCC(=O)NCc1cccc(NC(=O)c2ccc3c(c2)C(=O)N(C(C)(C)C)C3=O)c1. The molecular weight excluding hydrogens is 488 g/mol. The minimum absolute atomic E-state index is 0.0852. The Morgan fingerprint density at radius 3 is 2.21 bits per heavy atom. The lowest BCUT2D eigenvalue weighted by atomic mass is 10.1. The number of anilines is 1. The molecule has 10 nitrogen and oxygen atoms in total. The number of hydrogen-bond acceptors (Lipinski definition) is 6. The summed E-state index contributed by atoms with van der Waals surface area (Å²) in [7, 11) is 0. The molecule has 2 aromatic rings. The Labute approximate surface area is 222 Å². The molecule has 3 rings (SSSR count). The van der Waals surface area contributed by atoms with Gasteiger partial charge < -0.3 is 20.7 Å². The molecule has 0 radical (unpaired) electrons. The Bertz CT molecular complexity index is 1270. The maximum atomic E-state index is 12.9. The van der Waals surface area contributed by atoms with Gasteiger partial charge in [0.1, 0.15) is 5.60 Å². The van der Waals surface area contributed by atoms with Gasteiger partial charge in [0.15, 0.2) is 0 Å². The van der Waals surface area contributed by atoms with Crippen molar-refractivity contribution in [1.29, 1.82) is 0 Å². The summed E-state index contributed by atoms with van der Waals surface area (Å²) in [4.78, 5) is 63.4. The molecule has 1 aliphatic rings. The number of alkyl carbamates (subject to hydrolysis) is 1. The molecule has 5 amide bonds. The monoisotopic (exact) mass is 522 g/mol. The van der Waals surface area contributed by atoms with Gasteiger partial charge in [-0.3, -0.25) is 24.1 Å². The van der Waals surface area contributed by atoms with E-state index >= 15 is 0 Å². The smallest absolute Gasteiger partial charge is 0.407 e. The molecule has 0 aliphatic carbocycles. The van der Waals surface area contributed by atoms with Crippen molar-refractivity contribution >= 4 is 35.4 Å². The van der Waals surface area contributed by atoms with Crippen LogP contribution in [0.15, 0.2) is 42.5 Å².